The minimum Gasteiger partial charge on any atom is -0.469 e. The van der Waals surface area contributed by atoms with Crippen molar-refractivity contribution in [2.45, 2.75) is 58.2 Å². The van der Waals surface area contributed by atoms with Crippen molar-refractivity contribution >= 4 is 5.97 Å². The third-order valence-corrected chi connectivity index (χ3v) is 4.72. The number of carbonyl (C=O) groups excluding carboxylic acids is 1. The lowest BCUT2D eigenvalue weighted by Crippen LogP contribution is -2.43. The summed E-state index contributed by atoms with van der Waals surface area (Å²) in [4.78, 5) is 22.6. The van der Waals surface area contributed by atoms with E-state index in [1.807, 2.05) is 6.07 Å². The van der Waals surface area contributed by atoms with Crippen LogP contribution in [-0.2, 0) is 25.7 Å². The minimum atomic E-state index is -0.375. The maximum Gasteiger partial charge on any atom is 0.308 e. The van der Waals surface area contributed by atoms with Gasteiger partial charge in [-0.15, -0.1) is 0 Å². The highest BCUT2D eigenvalue weighted by molar-refractivity contribution is 5.69. The molecule has 1 aromatic rings. The number of hydrogen-bond acceptors (Lipinski definition) is 4. The molecule has 2 rings (SSSR count). The fourth-order valence-corrected chi connectivity index (χ4v) is 3.40. The Morgan fingerprint density at radius 3 is 2.73 bits per heavy atom. The molecule has 1 aliphatic heterocycles. The van der Waals surface area contributed by atoms with E-state index in [1.54, 1.807) is 0 Å². The van der Waals surface area contributed by atoms with Crippen LogP contribution in [-0.4, -0.2) is 24.8 Å². The van der Waals surface area contributed by atoms with Crippen molar-refractivity contribution in [3.63, 3.8) is 0 Å². The summed E-state index contributed by atoms with van der Waals surface area (Å²) >= 11 is 0. The standard InChI is InChI=1S/C22H30O4/c1-17(10-8-9-13-19-11-6-5-7-12-19)15-22(3)16-18(2)20(25-26-22)14-21(23)24-4/h5-12,18,20H,13-16H2,1-4H3/b9-8+,17-10+/t18-,20-,22-/m1/s1. The summed E-state index contributed by atoms with van der Waals surface area (Å²) in [5, 5.41) is 0. The molecule has 1 fully saturated rings. The Bertz CT molecular complexity index is 635. The van der Waals surface area contributed by atoms with Crippen LogP contribution in [0.1, 0.15) is 45.6 Å². The number of ether oxygens (including phenoxy) is 1. The number of hydrogen-bond donors (Lipinski definition) is 0. The molecule has 0 aliphatic carbocycles. The van der Waals surface area contributed by atoms with E-state index in [0.29, 0.717) is 0 Å². The molecular formula is C22H30O4. The molecule has 0 spiro atoms. The summed E-state index contributed by atoms with van der Waals surface area (Å²) in [5.74, 6) is -0.0389. The highest BCUT2D eigenvalue weighted by atomic mass is 17.2. The molecule has 4 heteroatoms. The van der Waals surface area contributed by atoms with E-state index in [-0.39, 0.29) is 30.0 Å². The molecule has 0 aromatic heterocycles. The Morgan fingerprint density at radius 2 is 2.08 bits per heavy atom. The molecule has 1 heterocycles. The summed E-state index contributed by atoms with van der Waals surface area (Å²) in [6.45, 7) is 6.25. The van der Waals surface area contributed by atoms with Crippen LogP contribution in [0, 0.1) is 5.92 Å². The Morgan fingerprint density at radius 1 is 1.35 bits per heavy atom. The summed E-state index contributed by atoms with van der Waals surface area (Å²) in [6, 6.07) is 10.4. The average Bonchev–Trinajstić information content (AvgIpc) is 2.62. The Balaban J connectivity index is 1.84. The highest BCUT2D eigenvalue weighted by Crippen LogP contribution is 2.36. The first-order valence-corrected chi connectivity index (χ1v) is 9.19. The third-order valence-electron chi connectivity index (χ3n) is 4.72. The second-order valence-corrected chi connectivity index (χ2v) is 7.44. The van der Waals surface area contributed by atoms with Gasteiger partial charge < -0.3 is 4.74 Å². The maximum absolute atomic E-state index is 11.4. The first-order valence-electron chi connectivity index (χ1n) is 9.19. The third kappa shape index (κ3) is 6.43. The van der Waals surface area contributed by atoms with Crippen LogP contribution in [0.5, 0.6) is 0 Å². The molecule has 142 valence electrons. The highest BCUT2D eigenvalue weighted by Gasteiger charge is 2.39. The summed E-state index contributed by atoms with van der Waals surface area (Å²) < 4.78 is 4.71. The number of benzene rings is 1. The molecule has 4 nitrogen and oxygen atoms in total. The molecule has 0 N–H and O–H groups in total. The van der Waals surface area contributed by atoms with E-state index in [1.165, 1.54) is 18.2 Å². The lowest BCUT2D eigenvalue weighted by Gasteiger charge is -2.40. The van der Waals surface area contributed by atoms with Crippen LogP contribution in [0.25, 0.3) is 0 Å². The van der Waals surface area contributed by atoms with Crippen molar-refractivity contribution in [3.8, 4) is 0 Å². The van der Waals surface area contributed by atoms with Crippen molar-refractivity contribution in [2.75, 3.05) is 7.11 Å². The van der Waals surface area contributed by atoms with E-state index in [0.717, 1.165) is 19.3 Å². The van der Waals surface area contributed by atoms with Crippen LogP contribution >= 0.6 is 0 Å². The topological polar surface area (TPSA) is 44.8 Å². The quantitative estimate of drug-likeness (QED) is 0.399. The summed E-state index contributed by atoms with van der Waals surface area (Å²) in [5.41, 5.74) is 2.16. The van der Waals surface area contributed by atoms with E-state index < -0.39 is 0 Å². The van der Waals surface area contributed by atoms with Crippen molar-refractivity contribution < 1.29 is 19.3 Å². The van der Waals surface area contributed by atoms with Crippen molar-refractivity contribution in [1.29, 1.82) is 0 Å². The summed E-state index contributed by atoms with van der Waals surface area (Å²) in [7, 11) is 1.39. The summed E-state index contributed by atoms with van der Waals surface area (Å²) in [6.07, 6.45) is 8.92. The molecule has 0 bridgehead atoms. The largest absolute Gasteiger partial charge is 0.469 e. The van der Waals surface area contributed by atoms with Gasteiger partial charge in [0.2, 0.25) is 0 Å². The second-order valence-electron chi connectivity index (χ2n) is 7.44. The Kier molecular flexibility index (Phi) is 7.61. The zero-order valence-electron chi connectivity index (χ0n) is 16.2. The van der Waals surface area contributed by atoms with Gasteiger partial charge in [0.25, 0.3) is 0 Å². The van der Waals surface area contributed by atoms with Gasteiger partial charge in [-0.3, -0.25) is 4.79 Å². The molecule has 0 saturated carbocycles. The molecule has 0 unspecified atom stereocenters. The van der Waals surface area contributed by atoms with Gasteiger partial charge in [-0.2, -0.15) is 0 Å². The molecule has 1 saturated heterocycles. The van der Waals surface area contributed by atoms with E-state index in [2.05, 4.69) is 63.3 Å². The molecule has 3 atom stereocenters. The molecular weight excluding hydrogens is 328 g/mol. The van der Waals surface area contributed by atoms with Gasteiger partial charge in [-0.25, -0.2) is 9.78 Å². The van der Waals surface area contributed by atoms with E-state index in [9.17, 15) is 4.79 Å². The Labute approximate surface area is 156 Å². The van der Waals surface area contributed by atoms with Gasteiger partial charge in [0, 0.05) is 6.42 Å². The van der Waals surface area contributed by atoms with Gasteiger partial charge in [0.15, 0.2) is 0 Å². The van der Waals surface area contributed by atoms with Crippen LogP contribution in [0.2, 0.25) is 0 Å². The predicted molar refractivity (Wildman–Crippen MR) is 102 cm³/mol. The molecule has 1 aliphatic rings. The zero-order chi connectivity index (χ0) is 19.0. The van der Waals surface area contributed by atoms with E-state index >= 15 is 0 Å². The molecule has 1 aromatic carbocycles. The van der Waals surface area contributed by atoms with Crippen LogP contribution in [0.15, 0.2) is 54.1 Å². The fourth-order valence-electron chi connectivity index (χ4n) is 3.40. The van der Waals surface area contributed by atoms with Gasteiger partial charge >= 0.3 is 5.97 Å². The SMILES string of the molecule is COC(=O)C[C@H]1OO[C@](C)(C/C(C)=C/C=C/Cc2ccccc2)C[C@H]1C. The molecule has 26 heavy (non-hydrogen) atoms. The van der Waals surface area contributed by atoms with Crippen LogP contribution < -0.4 is 0 Å². The molecule has 0 radical (unpaired) electrons. The number of esters is 1. The Hall–Kier alpha value is -1.91. The lowest BCUT2D eigenvalue weighted by atomic mass is 9.83. The van der Waals surface area contributed by atoms with Crippen molar-refractivity contribution in [2.24, 2.45) is 5.92 Å². The van der Waals surface area contributed by atoms with Gasteiger partial charge in [0.05, 0.1) is 13.5 Å². The smallest absolute Gasteiger partial charge is 0.308 e. The maximum atomic E-state index is 11.4. The number of allylic oxidation sites excluding steroid dienone is 3. The van der Waals surface area contributed by atoms with Crippen molar-refractivity contribution in [1.82, 2.24) is 0 Å². The van der Waals surface area contributed by atoms with E-state index in [4.69, 9.17) is 14.5 Å². The first kappa shape index (κ1) is 20.4. The van der Waals surface area contributed by atoms with Crippen molar-refractivity contribution in [3.05, 3.63) is 59.7 Å². The lowest BCUT2D eigenvalue weighted by molar-refractivity contribution is -0.415. The number of rotatable bonds is 7. The van der Waals surface area contributed by atoms with Gasteiger partial charge in [-0.1, -0.05) is 61.1 Å². The van der Waals surface area contributed by atoms with Crippen LogP contribution in [0.4, 0.5) is 0 Å². The zero-order valence-corrected chi connectivity index (χ0v) is 16.2. The van der Waals surface area contributed by atoms with Gasteiger partial charge in [0.1, 0.15) is 11.7 Å². The number of carbonyl (C=O) groups is 1. The predicted octanol–water partition coefficient (Wildman–Crippen LogP) is 4.80. The normalized spacial score (nSPS) is 26.8. The number of methoxy groups -OCH3 is 1. The molecule has 0 amide bonds. The first-order chi connectivity index (χ1) is 12.4. The van der Waals surface area contributed by atoms with Gasteiger partial charge in [-0.05, 0) is 38.2 Å². The minimum absolute atomic E-state index is 0.227. The average molecular weight is 358 g/mol. The second kappa shape index (κ2) is 9.70. The van der Waals surface area contributed by atoms with Crippen LogP contribution in [0.3, 0.4) is 0 Å². The fraction of sp³-hybridized carbons (Fsp3) is 0.500. The monoisotopic (exact) mass is 358 g/mol.